The van der Waals surface area contributed by atoms with Gasteiger partial charge in [-0.05, 0) is 44.9 Å². The Bertz CT molecular complexity index is 529. The van der Waals surface area contributed by atoms with E-state index in [1.54, 1.807) is 0 Å². The van der Waals surface area contributed by atoms with E-state index in [1.165, 1.54) is 17.5 Å². The van der Waals surface area contributed by atoms with Gasteiger partial charge in [-0.15, -0.1) is 0 Å². The summed E-state index contributed by atoms with van der Waals surface area (Å²) in [6.45, 7) is 1.52. The van der Waals surface area contributed by atoms with Crippen molar-refractivity contribution in [3.05, 3.63) is 21.7 Å². The fraction of sp³-hybridized carbons (Fsp3) is 0.625. The highest BCUT2D eigenvalue weighted by Crippen LogP contribution is 2.53. The van der Waals surface area contributed by atoms with Gasteiger partial charge in [0.2, 0.25) is 0 Å². The molecule has 0 bridgehead atoms. The summed E-state index contributed by atoms with van der Waals surface area (Å²) in [7, 11) is 0. The zero-order chi connectivity index (χ0) is 13.7. The van der Waals surface area contributed by atoms with E-state index < -0.39 is 0 Å². The molecule has 1 fully saturated rings. The van der Waals surface area contributed by atoms with Crippen molar-refractivity contribution in [1.82, 2.24) is 0 Å². The van der Waals surface area contributed by atoms with Crippen LogP contribution in [-0.4, -0.2) is 13.2 Å². The van der Waals surface area contributed by atoms with Crippen molar-refractivity contribution in [3.8, 4) is 11.5 Å². The number of hydrogen-bond donors (Lipinski definition) is 1. The van der Waals surface area contributed by atoms with E-state index in [0.29, 0.717) is 0 Å². The molecule has 1 aliphatic carbocycles. The first-order valence-electron chi connectivity index (χ1n) is 7.63. The second-order valence-corrected chi connectivity index (χ2v) is 6.60. The predicted octanol–water partition coefficient (Wildman–Crippen LogP) is 3.33. The molecular weight excluding hydrogens is 274 g/mol. The van der Waals surface area contributed by atoms with E-state index in [2.05, 4.69) is 0 Å². The Morgan fingerprint density at radius 2 is 1.55 bits per heavy atom. The van der Waals surface area contributed by atoms with Gasteiger partial charge in [-0.2, -0.15) is 0 Å². The van der Waals surface area contributed by atoms with Crippen LogP contribution < -0.4 is 15.2 Å². The molecule has 3 nitrogen and oxygen atoms in total. The third-order valence-electron chi connectivity index (χ3n) is 4.92. The molecule has 0 unspecified atom stereocenters. The molecule has 2 N–H and O–H groups in total. The second kappa shape index (κ2) is 4.54. The molecule has 0 amide bonds. The van der Waals surface area contributed by atoms with Gasteiger partial charge in [0.25, 0.3) is 0 Å². The average molecular weight is 294 g/mol. The molecule has 108 valence electrons. The van der Waals surface area contributed by atoms with Gasteiger partial charge < -0.3 is 15.2 Å². The van der Waals surface area contributed by atoms with Gasteiger partial charge in [-0.3, -0.25) is 0 Å². The zero-order valence-electron chi connectivity index (χ0n) is 11.6. The Balaban J connectivity index is 1.99. The fourth-order valence-corrected chi connectivity index (χ4v) is 4.07. The Hall–Kier alpha value is -0.930. The Kier molecular flexibility index (Phi) is 2.90. The van der Waals surface area contributed by atoms with Crippen LogP contribution >= 0.6 is 11.6 Å². The molecular formula is C16H20ClNO2. The molecule has 2 aliphatic heterocycles. The van der Waals surface area contributed by atoms with Crippen molar-refractivity contribution >= 4 is 11.6 Å². The predicted molar refractivity (Wildman–Crippen MR) is 78.8 cm³/mol. The lowest BCUT2D eigenvalue weighted by Crippen LogP contribution is -2.45. The van der Waals surface area contributed by atoms with Gasteiger partial charge in [0.1, 0.15) is 11.5 Å². The molecule has 3 aliphatic rings. The molecule has 4 heteroatoms. The van der Waals surface area contributed by atoms with E-state index in [9.17, 15) is 0 Å². The number of halogens is 1. The summed E-state index contributed by atoms with van der Waals surface area (Å²) in [4.78, 5) is 0. The van der Waals surface area contributed by atoms with Crippen molar-refractivity contribution in [2.75, 3.05) is 13.2 Å². The van der Waals surface area contributed by atoms with Crippen molar-refractivity contribution in [1.29, 1.82) is 0 Å². The van der Waals surface area contributed by atoms with Crippen LogP contribution in [0.2, 0.25) is 5.02 Å². The summed E-state index contributed by atoms with van der Waals surface area (Å²) in [6.07, 6.45) is 7.29. The van der Waals surface area contributed by atoms with E-state index in [4.69, 9.17) is 26.8 Å². The van der Waals surface area contributed by atoms with Crippen LogP contribution in [-0.2, 0) is 18.4 Å². The minimum atomic E-state index is -0.225. The molecule has 20 heavy (non-hydrogen) atoms. The van der Waals surface area contributed by atoms with Gasteiger partial charge in [0.05, 0.1) is 18.2 Å². The summed E-state index contributed by atoms with van der Waals surface area (Å²) in [5, 5.41) is 0.765. The summed E-state index contributed by atoms with van der Waals surface area (Å²) in [5.41, 5.74) is 9.95. The molecule has 0 saturated heterocycles. The topological polar surface area (TPSA) is 44.5 Å². The van der Waals surface area contributed by atoms with Crippen LogP contribution in [0.3, 0.4) is 0 Å². The first-order chi connectivity index (χ1) is 9.71. The largest absolute Gasteiger partial charge is 0.493 e. The maximum absolute atomic E-state index is 6.64. The number of benzene rings is 1. The van der Waals surface area contributed by atoms with Crippen LogP contribution in [0.15, 0.2) is 0 Å². The lowest BCUT2D eigenvalue weighted by molar-refractivity contribution is 0.217. The molecule has 0 aromatic heterocycles. The Labute approximate surface area is 124 Å². The smallest absolute Gasteiger partial charge is 0.141 e. The highest BCUT2D eigenvalue weighted by molar-refractivity contribution is 6.33. The maximum Gasteiger partial charge on any atom is 0.141 e. The third-order valence-corrected chi connectivity index (χ3v) is 5.32. The van der Waals surface area contributed by atoms with E-state index in [0.717, 1.165) is 73.8 Å². The average Bonchev–Trinajstić information content (AvgIpc) is 2.46. The summed E-state index contributed by atoms with van der Waals surface area (Å²) in [5.74, 6) is 1.86. The third kappa shape index (κ3) is 1.69. The SMILES string of the molecule is NC1(c2c3c(c(Cl)c4c2OCCC4)OCCC3)CCC1. The van der Waals surface area contributed by atoms with Crippen molar-refractivity contribution < 1.29 is 9.47 Å². The number of ether oxygens (including phenoxy) is 2. The molecule has 2 heterocycles. The highest BCUT2D eigenvalue weighted by atomic mass is 35.5. The number of fused-ring (bicyclic) bond motifs is 2. The lowest BCUT2D eigenvalue weighted by Gasteiger charge is -2.43. The van der Waals surface area contributed by atoms with Crippen LogP contribution in [0.5, 0.6) is 11.5 Å². The first-order valence-corrected chi connectivity index (χ1v) is 8.01. The molecule has 4 rings (SSSR count). The van der Waals surface area contributed by atoms with E-state index in [1.807, 2.05) is 0 Å². The first kappa shape index (κ1) is 12.8. The Morgan fingerprint density at radius 3 is 2.20 bits per heavy atom. The standard InChI is InChI=1S/C16H20ClNO2/c17-13-11-5-2-8-19-14(11)12(16(18)6-3-7-16)10-4-1-9-20-15(10)13/h1-9,18H2. The normalized spacial score (nSPS) is 22.9. The quantitative estimate of drug-likeness (QED) is 0.864. The van der Waals surface area contributed by atoms with Crippen molar-refractivity contribution in [2.45, 2.75) is 50.5 Å². The van der Waals surface area contributed by atoms with Crippen LogP contribution in [0.4, 0.5) is 0 Å². The fourth-order valence-electron chi connectivity index (χ4n) is 3.72. The zero-order valence-corrected chi connectivity index (χ0v) is 12.4. The molecule has 0 radical (unpaired) electrons. The minimum absolute atomic E-state index is 0.225. The molecule has 0 atom stereocenters. The van der Waals surface area contributed by atoms with E-state index >= 15 is 0 Å². The second-order valence-electron chi connectivity index (χ2n) is 6.22. The van der Waals surface area contributed by atoms with Crippen molar-refractivity contribution in [2.24, 2.45) is 5.73 Å². The lowest BCUT2D eigenvalue weighted by atomic mass is 9.69. The molecule has 1 aromatic rings. The van der Waals surface area contributed by atoms with Crippen LogP contribution in [0.25, 0.3) is 0 Å². The molecule has 1 saturated carbocycles. The van der Waals surface area contributed by atoms with Gasteiger partial charge >= 0.3 is 0 Å². The summed E-state index contributed by atoms with van der Waals surface area (Å²) >= 11 is 6.58. The Morgan fingerprint density at radius 1 is 0.900 bits per heavy atom. The molecule has 0 spiro atoms. The van der Waals surface area contributed by atoms with Gasteiger partial charge in [-0.1, -0.05) is 11.6 Å². The number of rotatable bonds is 1. The van der Waals surface area contributed by atoms with Gasteiger partial charge in [0.15, 0.2) is 0 Å². The summed E-state index contributed by atoms with van der Waals surface area (Å²) in [6, 6.07) is 0. The van der Waals surface area contributed by atoms with Gasteiger partial charge in [-0.25, -0.2) is 0 Å². The van der Waals surface area contributed by atoms with Gasteiger partial charge in [0, 0.05) is 22.2 Å². The maximum atomic E-state index is 6.64. The molecule has 1 aromatic carbocycles. The monoisotopic (exact) mass is 293 g/mol. The number of hydrogen-bond acceptors (Lipinski definition) is 3. The van der Waals surface area contributed by atoms with Crippen molar-refractivity contribution in [3.63, 3.8) is 0 Å². The number of nitrogens with two attached hydrogens (primary N) is 1. The van der Waals surface area contributed by atoms with Crippen LogP contribution in [0.1, 0.15) is 48.8 Å². The minimum Gasteiger partial charge on any atom is -0.493 e. The highest BCUT2D eigenvalue weighted by Gasteiger charge is 2.42. The van der Waals surface area contributed by atoms with E-state index in [-0.39, 0.29) is 5.54 Å². The summed E-state index contributed by atoms with van der Waals surface area (Å²) < 4.78 is 11.9. The van der Waals surface area contributed by atoms with Crippen LogP contribution in [0, 0.1) is 0 Å².